The number of carbonyl (C=O) groups is 3. The lowest BCUT2D eigenvalue weighted by molar-refractivity contribution is -0.152. The van der Waals surface area contributed by atoms with E-state index in [0.29, 0.717) is 40.8 Å². The number of aryl methyl sites for hydroxylation is 1. The Morgan fingerprint density at radius 1 is 1.04 bits per heavy atom. The summed E-state index contributed by atoms with van der Waals surface area (Å²) in [5.74, 6) is -0.903. The summed E-state index contributed by atoms with van der Waals surface area (Å²) in [6, 6.07) is 10.6. The molecule has 26 heavy (non-hydrogen) atoms. The maximum Gasteiger partial charge on any atom is 0.347 e. The quantitative estimate of drug-likeness (QED) is 0.825. The molecular weight excluding hydrogens is 332 g/mol. The van der Waals surface area contributed by atoms with E-state index in [2.05, 4.69) is 0 Å². The standard InChI is InChI=1S/C21H20O5/c1-12(22)14-6-4-5-7-15(14)17-10-13-8-9-18(23)16(13)11-19(17)26-21(2,3)20(24)25/h4-7,10-11H,8-9H2,1-3H3,(H,24,25). The van der Waals surface area contributed by atoms with Gasteiger partial charge in [-0.05, 0) is 50.5 Å². The molecule has 1 N–H and O–H groups in total. The van der Waals surface area contributed by atoms with Gasteiger partial charge in [-0.3, -0.25) is 9.59 Å². The van der Waals surface area contributed by atoms with Gasteiger partial charge in [-0.2, -0.15) is 0 Å². The molecule has 0 saturated carbocycles. The van der Waals surface area contributed by atoms with E-state index in [1.807, 2.05) is 12.1 Å². The van der Waals surface area contributed by atoms with Crippen molar-refractivity contribution < 1.29 is 24.2 Å². The molecule has 0 fully saturated rings. The Bertz CT molecular complexity index is 924. The highest BCUT2D eigenvalue weighted by Gasteiger charge is 2.32. The van der Waals surface area contributed by atoms with Gasteiger partial charge in [0.25, 0.3) is 0 Å². The van der Waals surface area contributed by atoms with Crippen LogP contribution in [-0.4, -0.2) is 28.2 Å². The van der Waals surface area contributed by atoms with Gasteiger partial charge < -0.3 is 9.84 Å². The lowest BCUT2D eigenvalue weighted by Gasteiger charge is -2.24. The van der Waals surface area contributed by atoms with Crippen molar-refractivity contribution in [3.8, 4) is 16.9 Å². The number of hydrogen-bond acceptors (Lipinski definition) is 4. The summed E-state index contributed by atoms with van der Waals surface area (Å²) in [5, 5.41) is 9.41. The number of ketones is 2. The van der Waals surface area contributed by atoms with Crippen LogP contribution >= 0.6 is 0 Å². The van der Waals surface area contributed by atoms with Crippen molar-refractivity contribution in [2.45, 2.75) is 39.2 Å². The fourth-order valence-corrected chi connectivity index (χ4v) is 3.11. The summed E-state index contributed by atoms with van der Waals surface area (Å²) in [5.41, 5.74) is 1.79. The molecule has 0 unspecified atom stereocenters. The van der Waals surface area contributed by atoms with Gasteiger partial charge in [0.15, 0.2) is 17.2 Å². The van der Waals surface area contributed by atoms with Crippen molar-refractivity contribution in [3.63, 3.8) is 0 Å². The molecule has 2 aromatic carbocycles. The third kappa shape index (κ3) is 3.12. The predicted molar refractivity (Wildman–Crippen MR) is 96.9 cm³/mol. The number of aliphatic carboxylic acids is 1. The van der Waals surface area contributed by atoms with E-state index in [1.54, 1.807) is 24.3 Å². The smallest absolute Gasteiger partial charge is 0.347 e. The monoisotopic (exact) mass is 352 g/mol. The molecule has 0 aromatic heterocycles. The van der Waals surface area contributed by atoms with Gasteiger partial charge in [0.2, 0.25) is 0 Å². The zero-order chi connectivity index (χ0) is 19.1. The molecule has 0 atom stereocenters. The van der Waals surface area contributed by atoms with Gasteiger partial charge in [-0.15, -0.1) is 0 Å². The van der Waals surface area contributed by atoms with Crippen molar-refractivity contribution in [3.05, 3.63) is 53.1 Å². The van der Waals surface area contributed by atoms with Crippen LogP contribution in [0.25, 0.3) is 11.1 Å². The van der Waals surface area contributed by atoms with Crippen LogP contribution in [0, 0.1) is 0 Å². The molecule has 5 nitrogen and oxygen atoms in total. The third-order valence-electron chi connectivity index (χ3n) is 4.60. The molecule has 0 spiro atoms. The van der Waals surface area contributed by atoms with Crippen LogP contribution in [0.2, 0.25) is 0 Å². The molecule has 0 bridgehead atoms. The SMILES string of the molecule is CC(=O)c1ccccc1-c1cc2c(cc1OC(C)(C)C(=O)O)C(=O)CC2. The van der Waals surface area contributed by atoms with E-state index in [9.17, 15) is 19.5 Å². The number of carbonyl (C=O) groups excluding carboxylic acids is 2. The van der Waals surface area contributed by atoms with Crippen LogP contribution < -0.4 is 4.74 Å². The van der Waals surface area contributed by atoms with Gasteiger partial charge >= 0.3 is 5.97 Å². The summed E-state index contributed by atoms with van der Waals surface area (Å²) in [7, 11) is 0. The Morgan fingerprint density at radius 3 is 2.38 bits per heavy atom. The first kappa shape index (κ1) is 17.9. The number of rotatable bonds is 5. The first-order valence-electron chi connectivity index (χ1n) is 8.43. The van der Waals surface area contributed by atoms with Gasteiger partial charge in [-0.1, -0.05) is 24.3 Å². The molecule has 1 aliphatic carbocycles. The van der Waals surface area contributed by atoms with Crippen molar-refractivity contribution in [2.24, 2.45) is 0 Å². The number of fused-ring (bicyclic) bond motifs is 1. The first-order chi connectivity index (χ1) is 12.2. The minimum atomic E-state index is -1.48. The molecular formula is C21H20O5. The van der Waals surface area contributed by atoms with Crippen molar-refractivity contribution in [1.29, 1.82) is 0 Å². The van der Waals surface area contributed by atoms with E-state index in [4.69, 9.17) is 4.74 Å². The highest BCUT2D eigenvalue weighted by atomic mass is 16.5. The van der Waals surface area contributed by atoms with Gasteiger partial charge in [0.1, 0.15) is 5.75 Å². The Balaban J connectivity index is 2.23. The number of benzene rings is 2. The Labute approximate surface area is 151 Å². The minimum Gasteiger partial charge on any atom is -0.478 e. The maximum absolute atomic E-state index is 12.1. The average molecular weight is 352 g/mol. The molecule has 3 rings (SSSR count). The van der Waals surface area contributed by atoms with Gasteiger partial charge in [-0.25, -0.2) is 4.79 Å². The van der Waals surface area contributed by atoms with E-state index >= 15 is 0 Å². The number of hydrogen-bond donors (Lipinski definition) is 1. The Morgan fingerprint density at radius 2 is 1.73 bits per heavy atom. The van der Waals surface area contributed by atoms with E-state index in [1.165, 1.54) is 20.8 Å². The molecule has 5 heteroatoms. The molecule has 2 aromatic rings. The minimum absolute atomic E-state index is 0.0179. The van der Waals surface area contributed by atoms with Gasteiger partial charge in [0.05, 0.1) is 0 Å². The molecule has 0 radical (unpaired) electrons. The Kier molecular flexibility index (Phi) is 4.40. The number of ether oxygens (including phenoxy) is 1. The Hall–Kier alpha value is -2.95. The lowest BCUT2D eigenvalue weighted by atomic mass is 9.93. The summed E-state index contributed by atoms with van der Waals surface area (Å²) >= 11 is 0. The van der Waals surface area contributed by atoms with Crippen LogP contribution in [0.4, 0.5) is 0 Å². The third-order valence-corrected chi connectivity index (χ3v) is 4.60. The van der Waals surface area contributed by atoms with Crippen LogP contribution in [-0.2, 0) is 11.2 Å². The normalized spacial score (nSPS) is 13.4. The molecule has 0 amide bonds. The fraction of sp³-hybridized carbons (Fsp3) is 0.286. The molecule has 0 heterocycles. The number of Topliss-reactive ketones (excluding diaryl/α,β-unsaturated/α-hetero) is 2. The number of carboxylic acid groups (broad SMARTS) is 1. The molecule has 1 aliphatic rings. The predicted octanol–water partition coefficient (Wildman–Crippen LogP) is 3.93. The summed E-state index contributed by atoms with van der Waals surface area (Å²) in [6.07, 6.45) is 1.06. The fourth-order valence-electron chi connectivity index (χ4n) is 3.11. The second-order valence-corrected chi connectivity index (χ2v) is 6.95. The van der Waals surface area contributed by atoms with Crippen LogP contribution in [0.1, 0.15) is 53.5 Å². The molecule has 0 saturated heterocycles. The summed E-state index contributed by atoms with van der Waals surface area (Å²) in [6.45, 7) is 4.38. The zero-order valence-corrected chi connectivity index (χ0v) is 15.0. The summed E-state index contributed by atoms with van der Waals surface area (Å²) in [4.78, 5) is 35.7. The zero-order valence-electron chi connectivity index (χ0n) is 15.0. The van der Waals surface area contributed by atoms with E-state index in [-0.39, 0.29) is 11.6 Å². The molecule has 0 aliphatic heterocycles. The van der Waals surface area contributed by atoms with Crippen LogP contribution in [0.3, 0.4) is 0 Å². The second kappa shape index (κ2) is 6.41. The number of carboxylic acids is 1. The van der Waals surface area contributed by atoms with Gasteiger partial charge in [0, 0.05) is 23.1 Å². The van der Waals surface area contributed by atoms with Crippen LogP contribution in [0.5, 0.6) is 5.75 Å². The average Bonchev–Trinajstić information content (AvgIpc) is 2.94. The second-order valence-electron chi connectivity index (χ2n) is 6.95. The topological polar surface area (TPSA) is 80.7 Å². The van der Waals surface area contributed by atoms with Crippen molar-refractivity contribution in [1.82, 2.24) is 0 Å². The molecule has 134 valence electrons. The van der Waals surface area contributed by atoms with Crippen molar-refractivity contribution in [2.75, 3.05) is 0 Å². The largest absolute Gasteiger partial charge is 0.478 e. The first-order valence-corrected chi connectivity index (χ1v) is 8.43. The van der Waals surface area contributed by atoms with E-state index < -0.39 is 11.6 Å². The summed E-state index contributed by atoms with van der Waals surface area (Å²) < 4.78 is 5.79. The highest BCUT2D eigenvalue weighted by Crippen LogP contribution is 2.39. The van der Waals surface area contributed by atoms with Crippen LogP contribution in [0.15, 0.2) is 36.4 Å². The van der Waals surface area contributed by atoms with E-state index in [0.717, 1.165) is 5.56 Å². The lowest BCUT2D eigenvalue weighted by Crippen LogP contribution is -2.38. The highest BCUT2D eigenvalue weighted by molar-refractivity contribution is 6.04. The van der Waals surface area contributed by atoms with Crippen molar-refractivity contribution >= 4 is 17.5 Å². The maximum atomic E-state index is 12.1.